The molecule has 0 N–H and O–H groups in total. The fourth-order valence-corrected chi connectivity index (χ4v) is 0.991. The average molecular weight is 194 g/mol. The summed E-state index contributed by atoms with van der Waals surface area (Å²) in [6, 6.07) is 7.83. The van der Waals surface area contributed by atoms with Gasteiger partial charge in [-0.05, 0) is 17.7 Å². The zero-order valence-corrected chi connectivity index (χ0v) is 8.63. The Bertz CT molecular complexity index is 264. The maximum Gasteiger partial charge on any atom is 0.119 e. The predicted molar refractivity (Wildman–Crippen MR) is 60.5 cm³/mol. The van der Waals surface area contributed by atoms with Crippen LogP contribution in [0, 0.1) is 0 Å². The number of thiol groups is 1. The van der Waals surface area contributed by atoms with Crippen LogP contribution in [0.25, 0.3) is 6.08 Å². The van der Waals surface area contributed by atoms with Crippen LogP contribution in [0.5, 0.6) is 5.75 Å². The quantitative estimate of drug-likeness (QED) is 0.725. The predicted octanol–water partition coefficient (Wildman–Crippen LogP) is 3.03. The van der Waals surface area contributed by atoms with E-state index in [2.05, 4.69) is 19.2 Å². The molecule has 0 aliphatic heterocycles. The smallest absolute Gasteiger partial charge is 0.119 e. The van der Waals surface area contributed by atoms with Gasteiger partial charge < -0.3 is 4.74 Å². The van der Waals surface area contributed by atoms with Gasteiger partial charge in [-0.1, -0.05) is 31.7 Å². The van der Waals surface area contributed by atoms with Crippen molar-refractivity contribution in [3.8, 4) is 5.75 Å². The minimum Gasteiger partial charge on any atom is -0.492 e. The van der Waals surface area contributed by atoms with Crippen molar-refractivity contribution in [3.63, 3.8) is 0 Å². The summed E-state index contributed by atoms with van der Waals surface area (Å²) in [5, 5.41) is 0.263. The van der Waals surface area contributed by atoms with Gasteiger partial charge in [-0.15, -0.1) is 0 Å². The van der Waals surface area contributed by atoms with E-state index in [1.54, 1.807) is 0 Å². The lowest BCUT2D eigenvalue weighted by Gasteiger charge is -2.07. The van der Waals surface area contributed by atoms with Gasteiger partial charge >= 0.3 is 0 Å². The second-order valence-corrected chi connectivity index (χ2v) is 3.81. The lowest BCUT2D eigenvalue weighted by Crippen LogP contribution is -2.07. The van der Waals surface area contributed by atoms with E-state index in [-0.39, 0.29) is 5.25 Å². The molecular formula is C11H14OS. The van der Waals surface area contributed by atoms with Crippen molar-refractivity contribution >= 4 is 18.7 Å². The Morgan fingerprint density at radius 1 is 1.46 bits per heavy atom. The Labute approximate surface area is 84.8 Å². The van der Waals surface area contributed by atoms with Gasteiger partial charge in [0, 0.05) is 5.25 Å². The van der Waals surface area contributed by atoms with Gasteiger partial charge in [0.25, 0.3) is 0 Å². The largest absolute Gasteiger partial charge is 0.492 e. The highest BCUT2D eigenvalue weighted by Crippen LogP contribution is 2.13. The van der Waals surface area contributed by atoms with Gasteiger partial charge in [0.1, 0.15) is 5.75 Å². The minimum absolute atomic E-state index is 0.263. The van der Waals surface area contributed by atoms with E-state index in [0.29, 0.717) is 6.61 Å². The van der Waals surface area contributed by atoms with Crippen LogP contribution in [0.1, 0.15) is 12.5 Å². The molecule has 0 bridgehead atoms. The minimum atomic E-state index is 0.263. The maximum absolute atomic E-state index is 5.46. The van der Waals surface area contributed by atoms with Gasteiger partial charge in [-0.2, -0.15) is 12.6 Å². The van der Waals surface area contributed by atoms with Crippen molar-refractivity contribution in [1.82, 2.24) is 0 Å². The highest BCUT2D eigenvalue weighted by Gasteiger charge is 1.96. The summed E-state index contributed by atoms with van der Waals surface area (Å²) in [6.45, 7) is 6.32. The fourth-order valence-electron chi connectivity index (χ4n) is 0.917. The molecule has 0 saturated carbocycles. The standard InChI is InChI=1S/C11H14OS/c1-3-10-4-6-11(7-5-10)12-8-9(2)13/h3-7,9,13H,1,8H2,2H3. The number of hydrogen-bond donors (Lipinski definition) is 1. The maximum atomic E-state index is 5.46. The van der Waals surface area contributed by atoms with Crippen LogP contribution in [0.15, 0.2) is 30.8 Å². The third-order valence-corrected chi connectivity index (χ3v) is 1.76. The number of rotatable bonds is 4. The van der Waals surface area contributed by atoms with Crippen LogP contribution in [0.2, 0.25) is 0 Å². The molecule has 1 atom stereocenters. The normalized spacial score (nSPS) is 12.2. The van der Waals surface area contributed by atoms with Gasteiger partial charge in [0.05, 0.1) is 6.61 Å². The number of benzene rings is 1. The van der Waals surface area contributed by atoms with Crippen LogP contribution in [0.4, 0.5) is 0 Å². The Kier molecular flexibility index (Phi) is 3.90. The molecule has 70 valence electrons. The van der Waals surface area contributed by atoms with Crippen LogP contribution in [-0.4, -0.2) is 11.9 Å². The molecule has 0 radical (unpaired) electrons. The van der Waals surface area contributed by atoms with Crippen LogP contribution < -0.4 is 4.74 Å². The summed E-state index contributed by atoms with van der Waals surface area (Å²) in [5.41, 5.74) is 1.10. The Balaban J connectivity index is 2.54. The summed E-state index contributed by atoms with van der Waals surface area (Å²) in [7, 11) is 0. The zero-order chi connectivity index (χ0) is 9.68. The first-order valence-electron chi connectivity index (χ1n) is 4.25. The molecule has 0 heterocycles. The van der Waals surface area contributed by atoms with Crippen LogP contribution >= 0.6 is 12.6 Å². The van der Waals surface area contributed by atoms with E-state index >= 15 is 0 Å². The molecule has 0 spiro atoms. The molecule has 0 saturated heterocycles. The van der Waals surface area contributed by atoms with Crippen LogP contribution in [0.3, 0.4) is 0 Å². The highest BCUT2D eigenvalue weighted by molar-refractivity contribution is 7.80. The van der Waals surface area contributed by atoms with Crippen molar-refractivity contribution in [1.29, 1.82) is 0 Å². The van der Waals surface area contributed by atoms with Gasteiger partial charge in [0.15, 0.2) is 0 Å². The van der Waals surface area contributed by atoms with E-state index in [9.17, 15) is 0 Å². The molecule has 1 unspecified atom stereocenters. The first-order valence-corrected chi connectivity index (χ1v) is 4.77. The number of hydrogen-bond acceptors (Lipinski definition) is 2. The zero-order valence-electron chi connectivity index (χ0n) is 7.73. The molecular weight excluding hydrogens is 180 g/mol. The molecule has 0 amide bonds. The van der Waals surface area contributed by atoms with E-state index in [1.165, 1.54) is 0 Å². The van der Waals surface area contributed by atoms with Gasteiger partial charge in [0.2, 0.25) is 0 Å². The van der Waals surface area contributed by atoms with Crippen molar-refractivity contribution in [3.05, 3.63) is 36.4 Å². The second kappa shape index (κ2) is 4.97. The van der Waals surface area contributed by atoms with Crippen molar-refractivity contribution in [2.75, 3.05) is 6.61 Å². The molecule has 0 aromatic heterocycles. The molecule has 0 aliphatic rings. The van der Waals surface area contributed by atoms with Gasteiger partial charge in [-0.25, -0.2) is 0 Å². The lowest BCUT2D eigenvalue weighted by molar-refractivity contribution is 0.323. The second-order valence-electron chi connectivity index (χ2n) is 2.93. The Hall–Kier alpha value is -0.890. The molecule has 1 nitrogen and oxygen atoms in total. The van der Waals surface area contributed by atoms with E-state index in [4.69, 9.17) is 4.74 Å². The van der Waals surface area contributed by atoms with E-state index in [0.717, 1.165) is 11.3 Å². The summed E-state index contributed by atoms with van der Waals surface area (Å²) in [4.78, 5) is 0. The Morgan fingerprint density at radius 2 is 2.08 bits per heavy atom. The lowest BCUT2D eigenvalue weighted by atomic mass is 10.2. The summed E-state index contributed by atoms with van der Waals surface area (Å²) in [5.74, 6) is 0.881. The van der Waals surface area contributed by atoms with Crippen molar-refractivity contribution < 1.29 is 4.74 Å². The fraction of sp³-hybridized carbons (Fsp3) is 0.273. The first-order chi connectivity index (χ1) is 6.22. The van der Waals surface area contributed by atoms with Gasteiger partial charge in [-0.3, -0.25) is 0 Å². The molecule has 1 rings (SSSR count). The summed E-state index contributed by atoms with van der Waals surface area (Å²) >= 11 is 4.23. The molecule has 2 heteroatoms. The van der Waals surface area contributed by atoms with E-state index in [1.807, 2.05) is 37.3 Å². The molecule has 1 aromatic carbocycles. The topological polar surface area (TPSA) is 9.23 Å². The molecule has 0 aliphatic carbocycles. The summed E-state index contributed by atoms with van der Waals surface area (Å²) < 4.78 is 5.46. The van der Waals surface area contributed by atoms with Crippen LogP contribution in [-0.2, 0) is 0 Å². The van der Waals surface area contributed by atoms with Crippen molar-refractivity contribution in [2.24, 2.45) is 0 Å². The highest BCUT2D eigenvalue weighted by atomic mass is 32.1. The first kappa shape index (κ1) is 10.2. The number of ether oxygens (including phenoxy) is 1. The molecule has 0 fully saturated rings. The molecule has 13 heavy (non-hydrogen) atoms. The summed E-state index contributed by atoms with van der Waals surface area (Å²) in [6.07, 6.45) is 1.81. The SMILES string of the molecule is C=Cc1ccc(OCC(C)S)cc1. The third kappa shape index (κ3) is 3.55. The monoisotopic (exact) mass is 194 g/mol. The van der Waals surface area contributed by atoms with Crippen molar-refractivity contribution in [2.45, 2.75) is 12.2 Å². The average Bonchev–Trinajstić information content (AvgIpc) is 2.15. The third-order valence-electron chi connectivity index (χ3n) is 1.61. The molecule has 1 aromatic rings. The Morgan fingerprint density at radius 3 is 2.54 bits per heavy atom. The van der Waals surface area contributed by atoms with E-state index < -0.39 is 0 Å².